The van der Waals surface area contributed by atoms with Gasteiger partial charge in [-0.3, -0.25) is 9.59 Å². The van der Waals surface area contributed by atoms with E-state index in [1.165, 1.54) is 0 Å². The normalized spacial score (nSPS) is 23.0. The molecule has 0 spiro atoms. The second-order valence-corrected chi connectivity index (χ2v) is 6.42. The Morgan fingerprint density at radius 2 is 1.62 bits per heavy atom. The molecule has 1 fully saturated rings. The van der Waals surface area contributed by atoms with Crippen molar-refractivity contribution in [2.45, 2.75) is 11.8 Å². The highest BCUT2D eigenvalue weighted by molar-refractivity contribution is 6.24. The van der Waals surface area contributed by atoms with Crippen molar-refractivity contribution in [1.82, 2.24) is 0 Å². The van der Waals surface area contributed by atoms with Gasteiger partial charge in [-0.1, -0.05) is 30.4 Å². The average molecular weight is 411 g/mol. The Bertz CT molecular complexity index is 908. The molecule has 3 rings (SSSR count). The van der Waals surface area contributed by atoms with Crippen molar-refractivity contribution < 1.29 is 42.1 Å². The molecule has 1 heterocycles. The first kappa shape index (κ1) is 20.6. The lowest BCUT2D eigenvalue weighted by Gasteiger charge is -2.29. The summed E-state index contributed by atoms with van der Waals surface area (Å²) in [5, 5.41) is 10.1. The van der Waals surface area contributed by atoms with E-state index in [1.807, 2.05) is 0 Å². The first-order chi connectivity index (χ1) is 13.6. The maximum atomic E-state index is 13.5. The van der Waals surface area contributed by atoms with Crippen molar-refractivity contribution >= 4 is 23.5 Å². The highest BCUT2D eigenvalue weighted by Crippen LogP contribution is 2.44. The number of esters is 1. The third kappa shape index (κ3) is 3.00. The fourth-order valence-electron chi connectivity index (χ4n) is 3.36. The number of hydrogen-bond acceptors (Lipinski definition) is 6. The molecule has 2 amide bonds. The van der Waals surface area contributed by atoms with Crippen molar-refractivity contribution in [2.24, 2.45) is 11.8 Å². The zero-order chi connectivity index (χ0) is 21.6. The number of allylic oxidation sites excluding steroid dienone is 2. The van der Waals surface area contributed by atoms with Crippen LogP contribution in [0.2, 0.25) is 0 Å². The molecule has 3 atom stereocenters. The number of aliphatic hydroxyl groups is 1. The van der Waals surface area contributed by atoms with Crippen LogP contribution in [-0.2, 0) is 24.7 Å². The zero-order valence-electron chi connectivity index (χ0n) is 15.3. The summed E-state index contributed by atoms with van der Waals surface area (Å²) in [6.45, 7) is 0. The minimum atomic E-state index is -5.39. The van der Waals surface area contributed by atoms with E-state index in [4.69, 9.17) is 4.74 Å². The lowest BCUT2D eigenvalue weighted by molar-refractivity contribution is -0.266. The Morgan fingerprint density at radius 1 is 1.07 bits per heavy atom. The van der Waals surface area contributed by atoms with Crippen LogP contribution in [0.1, 0.15) is 5.56 Å². The molecule has 1 aliphatic carbocycles. The van der Waals surface area contributed by atoms with E-state index in [0.29, 0.717) is 7.11 Å². The number of imide groups is 1. The highest BCUT2D eigenvalue weighted by atomic mass is 19.4. The van der Waals surface area contributed by atoms with E-state index >= 15 is 0 Å². The quantitative estimate of drug-likeness (QED) is 0.601. The monoisotopic (exact) mass is 411 g/mol. The third-order valence-corrected chi connectivity index (χ3v) is 4.88. The van der Waals surface area contributed by atoms with Crippen LogP contribution in [0.25, 0.3) is 0 Å². The topological polar surface area (TPSA) is 93.1 Å². The highest BCUT2D eigenvalue weighted by Gasteiger charge is 2.62. The molecular weight excluding hydrogens is 395 g/mol. The van der Waals surface area contributed by atoms with Crippen LogP contribution in [0.3, 0.4) is 0 Å². The molecule has 1 N–H and O–H groups in total. The first-order valence-electron chi connectivity index (χ1n) is 8.36. The Labute approximate surface area is 163 Å². The molecule has 10 heteroatoms. The van der Waals surface area contributed by atoms with Gasteiger partial charge in [-0.15, -0.1) is 0 Å². The third-order valence-electron chi connectivity index (χ3n) is 4.88. The summed E-state index contributed by atoms with van der Waals surface area (Å²) in [6.07, 6.45) is 0.971. The number of methoxy groups -OCH3 is 2. The van der Waals surface area contributed by atoms with Gasteiger partial charge < -0.3 is 14.6 Å². The van der Waals surface area contributed by atoms with E-state index in [9.17, 15) is 32.7 Å². The Kier molecular flexibility index (Phi) is 4.99. The molecule has 7 nitrogen and oxygen atoms in total. The summed E-state index contributed by atoms with van der Waals surface area (Å²) in [6, 6.07) is 2.54. The molecule has 3 unspecified atom stereocenters. The fraction of sp³-hybridized carbons (Fsp3) is 0.316. The van der Waals surface area contributed by atoms with Crippen LogP contribution in [0.15, 0.2) is 42.5 Å². The predicted molar refractivity (Wildman–Crippen MR) is 92.7 cm³/mol. The van der Waals surface area contributed by atoms with Crippen molar-refractivity contribution in [2.75, 3.05) is 19.1 Å². The number of fused-ring (bicyclic) bond motifs is 1. The average Bonchev–Trinajstić information content (AvgIpc) is 2.96. The van der Waals surface area contributed by atoms with Gasteiger partial charge in [-0.05, 0) is 12.1 Å². The number of ether oxygens (including phenoxy) is 2. The van der Waals surface area contributed by atoms with Gasteiger partial charge in [0.2, 0.25) is 11.8 Å². The van der Waals surface area contributed by atoms with E-state index in [1.54, 1.807) is 24.3 Å². The maximum Gasteiger partial charge on any atom is 0.432 e. The summed E-state index contributed by atoms with van der Waals surface area (Å²) in [7, 11) is 1.82. The molecule has 1 aromatic carbocycles. The maximum absolute atomic E-state index is 13.5. The minimum Gasteiger partial charge on any atom is -0.495 e. The molecule has 0 bridgehead atoms. The predicted octanol–water partition coefficient (Wildman–Crippen LogP) is 1.85. The molecule has 0 radical (unpaired) electrons. The van der Waals surface area contributed by atoms with Crippen molar-refractivity contribution in [3.8, 4) is 5.75 Å². The standard InChI is InChI=1S/C19H16F3NO6/c1-28-14-9-10(18(27,17(26)29-2)19(20,21)22)7-8-13(14)23-15(24)11-5-3-4-6-12(11)16(23)25/h3-9,11-12,27H,1-2H3. The van der Waals surface area contributed by atoms with Crippen LogP contribution in [0.4, 0.5) is 18.9 Å². The lowest BCUT2D eigenvalue weighted by Crippen LogP contribution is -2.49. The summed E-state index contributed by atoms with van der Waals surface area (Å²) in [5.41, 5.74) is -4.93. The Morgan fingerprint density at radius 3 is 2.07 bits per heavy atom. The van der Waals surface area contributed by atoms with Crippen LogP contribution in [0, 0.1) is 11.8 Å². The van der Waals surface area contributed by atoms with Gasteiger partial charge in [0.1, 0.15) is 5.75 Å². The molecule has 154 valence electrons. The van der Waals surface area contributed by atoms with Crippen LogP contribution < -0.4 is 9.64 Å². The minimum absolute atomic E-state index is 0.100. The van der Waals surface area contributed by atoms with Crippen molar-refractivity contribution in [3.05, 3.63) is 48.1 Å². The number of amides is 2. The zero-order valence-corrected chi connectivity index (χ0v) is 15.3. The van der Waals surface area contributed by atoms with E-state index in [-0.39, 0.29) is 11.4 Å². The fourth-order valence-corrected chi connectivity index (χ4v) is 3.36. The van der Waals surface area contributed by atoms with Crippen LogP contribution in [-0.4, -0.2) is 43.3 Å². The molecular formula is C19H16F3NO6. The number of hydrogen-bond donors (Lipinski definition) is 1. The molecule has 0 aromatic heterocycles. The first-order valence-corrected chi connectivity index (χ1v) is 8.36. The molecule has 1 saturated heterocycles. The van der Waals surface area contributed by atoms with Gasteiger partial charge in [-0.2, -0.15) is 13.2 Å². The van der Waals surface area contributed by atoms with Gasteiger partial charge in [0.05, 0.1) is 31.7 Å². The molecule has 29 heavy (non-hydrogen) atoms. The molecule has 1 aromatic rings. The van der Waals surface area contributed by atoms with Crippen molar-refractivity contribution in [1.29, 1.82) is 0 Å². The second kappa shape index (κ2) is 7.03. The van der Waals surface area contributed by atoms with E-state index < -0.39 is 47.0 Å². The van der Waals surface area contributed by atoms with Gasteiger partial charge in [0.25, 0.3) is 5.60 Å². The number of carbonyl (C=O) groups excluding carboxylic acids is 3. The number of anilines is 1. The van der Waals surface area contributed by atoms with Crippen LogP contribution >= 0.6 is 0 Å². The largest absolute Gasteiger partial charge is 0.495 e. The summed E-state index contributed by atoms with van der Waals surface area (Å²) in [4.78, 5) is 37.9. The SMILES string of the molecule is COC(=O)C(O)(c1ccc(N2C(=O)C3C=CC=CC3C2=O)c(OC)c1)C(F)(F)F. The number of carbonyl (C=O) groups is 3. The van der Waals surface area contributed by atoms with Crippen molar-refractivity contribution in [3.63, 3.8) is 0 Å². The van der Waals surface area contributed by atoms with Crippen LogP contribution in [0.5, 0.6) is 5.75 Å². The molecule has 1 aliphatic heterocycles. The lowest BCUT2D eigenvalue weighted by atomic mass is 9.91. The van der Waals surface area contributed by atoms with Gasteiger partial charge in [-0.25, -0.2) is 9.69 Å². The molecule has 2 aliphatic rings. The number of alkyl halides is 3. The number of benzene rings is 1. The summed E-state index contributed by atoms with van der Waals surface area (Å²) in [5.74, 6) is -4.81. The number of nitrogens with zero attached hydrogens (tertiary/aromatic N) is 1. The van der Waals surface area contributed by atoms with Gasteiger partial charge in [0, 0.05) is 5.56 Å². The Balaban J connectivity index is 2.10. The summed E-state index contributed by atoms with van der Waals surface area (Å²) >= 11 is 0. The molecule has 0 saturated carbocycles. The van der Waals surface area contributed by atoms with E-state index in [2.05, 4.69) is 4.74 Å². The smallest absolute Gasteiger partial charge is 0.432 e. The number of halogens is 3. The van der Waals surface area contributed by atoms with Gasteiger partial charge >= 0.3 is 12.1 Å². The van der Waals surface area contributed by atoms with Gasteiger partial charge in [0.15, 0.2) is 0 Å². The summed E-state index contributed by atoms with van der Waals surface area (Å²) < 4.78 is 49.6. The second-order valence-electron chi connectivity index (χ2n) is 6.42. The number of rotatable bonds is 4. The Hall–Kier alpha value is -3.14. The van der Waals surface area contributed by atoms with E-state index in [0.717, 1.165) is 30.2 Å².